The Kier molecular flexibility index (Phi) is 3.84. The van der Waals surface area contributed by atoms with E-state index in [1.54, 1.807) is 6.07 Å². The number of fused-ring (bicyclic) bond motifs is 3. The predicted molar refractivity (Wildman–Crippen MR) is 105 cm³/mol. The van der Waals surface area contributed by atoms with Crippen LogP contribution in [0.5, 0.6) is 0 Å². The Hall–Kier alpha value is -3.10. The topological polar surface area (TPSA) is 87.0 Å². The number of nitro groups is 1. The van der Waals surface area contributed by atoms with E-state index in [1.807, 2.05) is 42.3 Å². The minimum absolute atomic E-state index is 0.146. The molecule has 0 N–H and O–H groups in total. The lowest BCUT2D eigenvalue weighted by molar-refractivity contribution is -0.384. The fourth-order valence-electron chi connectivity index (χ4n) is 5.15. The number of rotatable bonds is 3. The summed E-state index contributed by atoms with van der Waals surface area (Å²) in [4.78, 5) is 39.0. The van der Waals surface area contributed by atoms with Crippen LogP contribution in [-0.2, 0) is 9.59 Å². The van der Waals surface area contributed by atoms with Gasteiger partial charge in [0, 0.05) is 25.2 Å². The molecular formula is C21H20N4O4. The van der Waals surface area contributed by atoms with Crippen LogP contribution in [0, 0.1) is 16.0 Å². The molecule has 0 bridgehead atoms. The van der Waals surface area contributed by atoms with Crippen LogP contribution in [0.25, 0.3) is 0 Å². The number of carbonyl (C=O) groups excluding carboxylic acids is 2. The molecule has 3 fully saturated rings. The number of hydrazine groups is 1. The van der Waals surface area contributed by atoms with Crippen molar-refractivity contribution in [3.8, 4) is 0 Å². The van der Waals surface area contributed by atoms with Crippen molar-refractivity contribution < 1.29 is 14.5 Å². The Morgan fingerprint density at radius 2 is 1.83 bits per heavy atom. The van der Waals surface area contributed by atoms with Crippen molar-refractivity contribution in [1.29, 1.82) is 0 Å². The Bertz CT molecular complexity index is 1030. The van der Waals surface area contributed by atoms with Crippen molar-refractivity contribution in [2.24, 2.45) is 5.92 Å². The molecule has 0 unspecified atom stereocenters. The van der Waals surface area contributed by atoms with E-state index in [0.717, 1.165) is 23.4 Å². The number of benzene rings is 2. The van der Waals surface area contributed by atoms with Crippen LogP contribution in [0.1, 0.15) is 24.9 Å². The van der Waals surface area contributed by atoms with Gasteiger partial charge in [-0.05, 0) is 25.0 Å². The lowest BCUT2D eigenvalue weighted by Gasteiger charge is -2.33. The van der Waals surface area contributed by atoms with Gasteiger partial charge < -0.3 is 0 Å². The second-order valence-electron chi connectivity index (χ2n) is 7.88. The van der Waals surface area contributed by atoms with E-state index in [4.69, 9.17) is 0 Å². The monoisotopic (exact) mass is 392 g/mol. The number of nitrogens with zero attached hydrogens (tertiary/aromatic N) is 4. The molecule has 148 valence electrons. The third kappa shape index (κ3) is 2.33. The second-order valence-corrected chi connectivity index (χ2v) is 7.88. The zero-order chi connectivity index (χ0) is 20.3. The first-order valence-electron chi connectivity index (χ1n) is 9.66. The molecule has 0 spiro atoms. The highest BCUT2D eigenvalue weighted by Crippen LogP contribution is 2.54. The summed E-state index contributed by atoms with van der Waals surface area (Å²) in [7, 11) is 0. The Labute approximate surface area is 167 Å². The number of nitro benzene ring substituents is 1. The molecule has 3 aliphatic heterocycles. The van der Waals surface area contributed by atoms with Gasteiger partial charge in [0.05, 0.1) is 22.6 Å². The minimum atomic E-state index is -1.00. The van der Waals surface area contributed by atoms with Gasteiger partial charge in [-0.3, -0.25) is 19.7 Å². The summed E-state index contributed by atoms with van der Waals surface area (Å²) in [5, 5.41) is 15.4. The first kappa shape index (κ1) is 18.0. The van der Waals surface area contributed by atoms with Gasteiger partial charge >= 0.3 is 0 Å². The number of hydrogen-bond donors (Lipinski definition) is 0. The Balaban J connectivity index is 1.63. The van der Waals surface area contributed by atoms with Gasteiger partial charge in [0.15, 0.2) is 0 Å². The molecule has 29 heavy (non-hydrogen) atoms. The van der Waals surface area contributed by atoms with Crippen molar-refractivity contribution in [3.05, 3.63) is 70.3 Å². The molecule has 5 rings (SSSR count). The van der Waals surface area contributed by atoms with Crippen LogP contribution < -0.4 is 4.90 Å². The van der Waals surface area contributed by atoms with E-state index in [2.05, 4.69) is 5.01 Å². The maximum Gasteiger partial charge on any atom is 0.271 e. The fourth-order valence-corrected chi connectivity index (χ4v) is 5.15. The SMILES string of the molecule is C[C@@]12C(=O)N(c3cccc([N+](=O)[O-])c3)C(=O)[C@@H]1[C@@H](c1ccccc1)N1CCCN12. The quantitative estimate of drug-likeness (QED) is 0.453. The van der Waals surface area contributed by atoms with Crippen molar-refractivity contribution in [3.63, 3.8) is 0 Å². The van der Waals surface area contributed by atoms with E-state index >= 15 is 0 Å². The molecule has 0 aromatic heterocycles. The first-order chi connectivity index (χ1) is 13.9. The summed E-state index contributed by atoms with van der Waals surface area (Å²) in [6.07, 6.45) is 0.921. The molecule has 0 saturated carbocycles. The number of amides is 2. The van der Waals surface area contributed by atoms with Crippen molar-refractivity contribution in [2.75, 3.05) is 18.0 Å². The normalized spacial score (nSPS) is 29.3. The lowest BCUT2D eigenvalue weighted by Crippen LogP contribution is -2.52. The molecule has 3 heterocycles. The smallest absolute Gasteiger partial charge is 0.271 e. The number of imide groups is 1. The molecule has 0 aliphatic carbocycles. The first-order valence-corrected chi connectivity index (χ1v) is 9.66. The zero-order valence-corrected chi connectivity index (χ0v) is 15.9. The van der Waals surface area contributed by atoms with Gasteiger partial charge in [0.2, 0.25) is 5.91 Å². The Morgan fingerprint density at radius 1 is 1.07 bits per heavy atom. The fraction of sp³-hybridized carbons (Fsp3) is 0.333. The highest BCUT2D eigenvalue weighted by atomic mass is 16.6. The van der Waals surface area contributed by atoms with Gasteiger partial charge in [-0.25, -0.2) is 14.9 Å². The maximum absolute atomic E-state index is 13.6. The summed E-state index contributed by atoms with van der Waals surface area (Å²) in [5.41, 5.74) is 0.101. The van der Waals surface area contributed by atoms with Gasteiger partial charge in [-0.2, -0.15) is 0 Å². The van der Waals surface area contributed by atoms with Crippen LogP contribution in [0.4, 0.5) is 11.4 Å². The van der Waals surface area contributed by atoms with E-state index in [-0.39, 0.29) is 29.2 Å². The Morgan fingerprint density at radius 3 is 2.55 bits per heavy atom. The largest absolute Gasteiger partial charge is 0.274 e. The number of non-ortho nitro benzene ring substituents is 1. The van der Waals surface area contributed by atoms with Gasteiger partial charge in [0.1, 0.15) is 5.54 Å². The van der Waals surface area contributed by atoms with Crippen LogP contribution in [0.3, 0.4) is 0 Å². The highest BCUT2D eigenvalue weighted by Gasteiger charge is 2.70. The van der Waals surface area contributed by atoms with Crippen molar-refractivity contribution in [1.82, 2.24) is 10.0 Å². The molecule has 2 amide bonds. The standard InChI is InChI=1S/C21H20N4O4/c1-21-17(18(14-7-3-2-4-8-14)22-11-6-12-23(21)22)19(26)24(20(21)27)15-9-5-10-16(13-15)25(28)29/h2-5,7-10,13,17-18H,6,11-12H2,1H3/t17-,18+,21-/m0/s1. The summed E-state index contributed by atoms with van der Waals surface area (Å²) in [6, 6.07) is 15.3. The van der Waals surface area contributed by atoms with Crippen LogP contribution in [0.2, 0.25) is 0 Å². The molecule has 3 atom stereocenters. The number of carbonyl (C=O) groups is 2. The molecule has 8 heteroatoms. The summed E-state index contributed by atoms with van der Waals surface area (Å²) >= 11 is 0. The summed E-state index contributed by atoms with van der Waals surface area (Å²) in [5.74, 6) is -1.20. The second kappa shape index (κ2) is 6.20. The van der Waals surface area contributed by atoms with E-state index < -0.39 is 16.4 Å². The lowest BCUT2D eigenvalue weighted by atomic mass is 9.81. The van der Waals surface area contributed by atoms with Crippen LogP contribution >= 0.6 is 0 Å². The van der Waals surface area contributed by atoms with E-state index in [1.165, 1.54) is 18.2 Å². The predicted octanol–water partition coefficient (Wildman–Crippen LogP) is 2.52. The molecule has 3 saturated heterocycles. The minimum Gasteiger partial charge on any atom is -0.274 e. The molecule has 2 aromatic rings. The van der Waals surface area contributed by atoms with E-state index in [0.29, 0.717) is 6.54 Å². The third-order valence-corrected chi connectivity index (χ3v) is 6.41. The number of hydrogen-bond acceptors (Lipinski definition) is 6. The summed E-state index contributed by atoms with van der Waals surface area (Å²) < 4.78 is 0. The average molecular weight is 392 g/mol. The third-order valence-electron chi connectivity index (χ3n) is 6.41. The van der Waals surface area contributed by atoms with Gasteiger partial charge in [0.25, 0.3) is 11.6 Å². The van der Waals surface area contributed by atoms with Gasteiger partial charge in [-0.15, -0.1) is 0 Å². The van der Waals surface area contributed by atoms with Crippen molar-refractivity contribution >= 4 is 23.2 Å². The number of anilines is 1. The summed E-state index contributed by atoms with van der Waals surface area (Å²) in [6.45, 7) is 3.33. The molecule has 2 aromatic carbocycles. The average Bonchev–Trinajstić information content (AvgIpc) is 3.35. The molecule has 3 aliphatic rings. The van der Waals surface area contributed by atoms with Crippen LogP contribution in [0.15, 0.2) is 54.6 Å². The van der Waals surface area contributed by atoms with Gasteiger partial charge in [-0.1, -0.05) is 36.4 Å². The molecular weight excluding hydrogens is 372 g/mol. The van der Waals surface area contributed by atoms with E-state index in [9.17, 15) is 19.7 Å². The van der Waals surface area contributed by atoms with Crippen LogP contribution in [-0.4, -0.2) is 45.4 Å². The molecule has 0 radical (unpaired) electrons. The van der Waals surface area contributed by atoms with Crippen molar-refractivity contribution in [2.45, 2.75) is 24.9 Å². The zero-order valence-electron chi connectivity index (χ0n) is 15.9. The maximum atomic E-state index is 13.6. The highest BCUT2D eigenvalue weighted by molar-refractivity contribution is 6.26. The molecule has 8 nitrogen and oxygen atoms in total.